The maximum Gasteiger partial charge on any atom is 0.130 e. The Morgan fingerprint density at radius 2 is 1.38 bits per heavy atom. The van der Waals surface area contributed by atoms with Crippen molar-refractivity contribution in [2.75, 3.05) is 5.32 Å². The summed E-state index contributed by atoms with van der Waals surface area (Å²) in [4.78, 5) is 0. The van der Waals surface area contributed by atoms with Crippen molar-refractivity contribution >= 4 is 72.7 Å². The molecule has 1 aromatic heterocycles. The summed E-state index contributed by atoms with van der Waals surface area (Å²) in [6.45, 7) is 1.83. The van der Waals surface area contributed by atoms with Crippen molar-refractivity contribution in [3.8, 4) is 0 Å². The van der Waals surface area contributed by atoms with Crippen molar-refractivity contribution in [2.24, 2.45) is 0 Å². The number of aliphatic hydroxyl groups excluding tert-OH is 1. The number of hydrogen-bond donors (Lipinski definition) is 2. The lowest BCUT2D eigenvalue weighted by Crippen LogP contribution is -2.28. The topological polar surface area (TPSA) is 37.2 Å². The van der Waals surface area contributed by atoms with Crippen LogP contribution in [0.15, 0.2) is 66.7 Å². The number of nitrogens with zero attached hydrogens (tertiary/aromatic N) is 1. The molecule has 2 atom stereocenters. The molecule has 0 spiro atoms. The molecule has 0 saturated heterocycles. The summed E-state index contributed by atoms with van der Waals surface area (Å²) in [6, 6.07) is 23.0. The van der Waals surface area contributed by atoms with Crippen LogP contribution in [0.3, 0.4) is 0 Å². The number of aromatic nitrogens is 1. The van der Waals surface area contributed by atoms with Gasteiger partial charge in [0.05, 0.1) is 17.1 Å². The Hall–Kier alpha value is -1.32. The van der Waals surface area contributed by atoms with E-state index in [1.54, 1.807) is 0 Å². The van der Waals surface area contributed by atoms with Crippen molar-refractivity contribution in [1.82, 2.24) is 4.57 Å². The number of halogens is 2. The lowest BCUT2D eigenvalue weighted by molar-refractivity contribution is 0.147. The van der Waals surface area contributed by atoms with Gasteiger partial charge >= 0.3 is 0 Å². The Bertz CT molecular complexity index is 1010. The van der Waals surface area contributed by atoms with E-state index < -0.39 is 6.10 Å². The number of aliphatic hydroxyl groups is 1. The number of para-hydroxylation sites is 1. The van der Waals surface area contributed by atoms with Crippen molar-refractivity contribution in [1.29, 1.82) is 0 Å². The van der Waals surface area contributed by atoms with E-state index in [0.29, 0.717) is 0 Å². The average molecular weight is 568 g/mol. The monoisotopic (exact) mass is 568 g/mol. The fourth-order valence-electron chi connectivity index (χ4n) is 3.40. The van der Waals surface area contributed by atoms with Crippen LogP contribution >= 0.6 is 45.2 Å². The molecule has 0 fully saturated rings. The molecule has 132 valence electrons. The molecule has 0 aliphatic rings. The molecule has 3 aromatic carbocycles. The van der Waals surface area contributed by atoms with Gasteiger partial charge in [-0.05, 0) is 101 Å². The predicted octanol–water partition coefficient (Wildman–Crippen LogP) is 6.00. The summed E-state index contributed by atoms with van der Waals surface area (Å²) in [5.41, 5.74) is 3.23. The summed E-state index contributed by atoms with van der Waals surface area (Å²) in [6.07, 6.45) is -0.829. The highest BCUT2D eigenvalue weighted by Crippen LogP contribution is 2.35. The summed E-state index contributed by atoms with van der Waals surface area (Å²) < 4.78 is 4.63. The quantitative estimate of drug-likeness (QED) is 0.297. The largest absolute Gasteiger partial charge is 0.389 e. The third kappa shape index (κ3) is 3.32. The van der Waals surface area contributed by atoms with Crippen molar-refractivity contribution in [3.05, 3.63) is 73.9 Å². The average Bonchev–Trinajstić information content (AvgIpc) is 2.93. The maximum absolute atomic E-state index is 10.6. The van der Waals surface area contributed by atoms with Gasteiger partial charge in [-0.15, -0.1) is 0 Å². The van der Waals surface area contributed by atoms with Crippen LogP contribution in [0.2, 0.25) is 0 Å². The van der Waals surface area contributed by atoms with E-state index in [4.69, 9.17) is 0 Å². The van der Waals surface area contributed by atoms with Crippen molar-refractivity contribution in [2.45, 2.75) is 19.2 Å². The van der Waals surface area contributed by atoms with Gasteiger partial charge in [0.2, 0.25) is 0 Å². The fourth-order valence-corrected chi connectivity index (χ4v) is 4.39. The molecule has 3 nitrogen and oxygen atoms in total. The molecule has 0 bridgehead atoms. The van der Waals surface area contributed by atoms with Crippen LogP contribution in [0.5, 0.6) is 0 Å². The van der Waals surface area contributed by atoms with Gasteiger partial charge in [-0.3, -0.25) is 0 Å². The number of hydrogen-bond acceptors (Lipinski definition) is 2. The van der Waals surface area contributed by atoms with Crippen LogP contribution in [0.4, 0.5) is 5.69 Å². The van der Waals surface area contributed by atoms with Crippen LogP contribution in [0.1, 0.15) is 13.1 Å². The normalized spacial score (nSPS) is 13.8. The first-order valence-electron chi connectivity index (χ1n) is 8.43. The van der Waals surface area contributed by atoms with E-state index in [-0.39, 0.29) is 6.17 Å². The van der Waals surface area contributed by atoms with Gasteiger partial charge in [0, 0.05) is 23.6 Å². The zero-order valence-electron chi connectivity index (χ0n) is 14.2. The predicted molar refractivity (Wildman–Crippen MR) is 126 cm³/mol. The molecule has 2 N–H and O–H groups in total. The lowest BCUT2D eigenvalue weighted by atomic mass is 10.2. The van der Waals surface area contributed by atoms with Gasteiger partial charge in [0.1, 0.15) is 6.17 Å². The first-order chi connectivity index (χ1) is 12.5. The van der Waals surface area contributed by atoms with E-state index in [0.717, 1.165) is 16.7 Å². The molecule has 1 heterocycles. The van der Waals surface area contributed by atoms with Crippen molar-refractivity contribution < 1.29 is 5.11 Å². The standard InChI is InChI=1S/C21H18I2N2O/c1-13(26)21(24-16-5-3-2-4-6-16)25-19-9-7-14(22)11-17(19)18-12-15(23)8-10-20(18)25/h2-13,21,24,26H,1H3. The molecule has 0 aliphatic heterocycles. The lowest BCUT2D eigenvalue weighted by Gasteiger charge is -2.26. The summed E-state index contributed by atoms with van der Waals surface area (Å²) >= 11 is 4.70. The first-order valence-corrected chi connectivity index (χ1v) is 10.6. The smallest absolute Gasteiger partial charge is 0.130 e. The Labute approximate surface area is 179 Å². The highest BCUT2D eigenvalue weighted by Gasteiger charge is 2.22. The van der Waals surface area contributed by atoms with Crippen LogP contribution in [-0.2, 0) is 0 Å². The Morgan fingerprint density at radius 1 is 0.846 bits per heavy atom. The number of rotatable bonds is 4. The summed E-state index contributed by atoms with van der Waals surface area (Å²) in [7, 11) is 0. The van der Waals surface area contributed by atoms with E-state index in [2.05, 4.69) is 91.5 Å². The summed E-state index contributed by atoms with van der Waals surface area (Å²) in [5, 5.41) is 16.5. The second-order valence-corrected chi connectivity index (χ2v) is 8.88. The zero-order valence-corrected chi connectivity index (χ0v) is 18.5. The van der Waals surface area contributed by atoms with E-state index in [9.17, 15) is 5.11 Å². The molecule has 0 saturated carbocycles. The molecule has 4 aromatic rings. The molecular formula is C21H18I2N2O. The third-order valence-electron chi connectivity index (χ3n) is 4.55. The highest BCUT2D eigenvalue weighted by atomic mass is 127. The van der Waals surface area contributed by atoms with Crippen LogP contribution in [0.25, 0.3) is 21.8 Å². The molecule has 4 rings (SSSR count). The minimum atomic E-state index is -0.562. The number of fused-ring (bicyclic) bond motifs is 3. The Morgan fingerprint density at radius 3 is 1.88 bits per heavy atom. The fraction of sp³-hybridized carbons (Fsp3) is 0.143. The van der Waals surface area contributed by atoms with Crippen LogP contribution < -0.4 is 5.32 Å². The molecule has 5 heteroatoms. The van der Waals surface area contributed by atoms with Crippen LogP contribution in [0, 0.1) is 7.14 Å². The van der Waals surface area contributed by atoms with Gasteiger partial charge in [0.15, 0.2) is 0 Å². The molecular weight excluding hydrogens is 550 g/mol. The molecule has 2 unspecified atom stereocenters. The highest BCUT2D eigenvalue weighted by molar-refractivity contribution is 14.1. The molecule has 0 radical (unpaired) electrons. The zero-order chi connectivity index (χ0) is 18.3. The first kappa shape index (κ1) is 18.1. The second kappa shape index (κ2) is 7.36. The number of nitrogens with one attached hydrogen (secondary N) is 1. The Kier molecular flexibility index (Phi) is 5.11. The minimum absolute atomic E-state index is 0.266. The number of benzene rings is 3. The molecule has 0 amide bonds. The second-order valence-electron chi connectivity index (χ2n) is 6.39. The Balaban J connectivity index is 1.97. The van der Waals surface area contributed by atoms with Gasteiger partial charge in [-0.2, -0.15) is 0 Å². The molecule has 26 heavy (non-hydrogen) atoms. The summed E-state index contributed by atoms with van der Waals surface area (Å²) in [5.74, 6) is 0. The van der Waals surface area contributed by atoms with E-state index >= 15 is 0 Å². The number of anilines is 1. The third-order valence-corrected chi connectivity index (χ3v) is 5.89. The van der Waals surface area contributed by atoms with Gasteiger partial charge < -0.3 is 15.0 Å². The van der Waals surface area contributed by atoms with Gasteiger partial charge in [0.25, 0.3) is 0 Å². The molecule has 0 aliphatic carbocycles. The van der Waals surface area contributed by atoms with E-state index in [1.165, 1.54) is 17.9 Å². The maximum atomic E-state index is 10.6. The van der Waals surface area contributed by atoms with E-state index in [1.807, 2.05) is 37.3 Å². The SMILES string of the molecule is CC(O)C(Nc1ccccc1)n1c2ccc(I)cc2c2cc(I)ccc21. The minimum Gasteiger partial charge on any atom is -0.389 e. The van der Waals surface area contributed by atoms with Gasteiger partial charge in [-0.1, -0.05) is 18.2 Å². The van der Waals surface area contributed by atoms with Gasteiger partial charge in [-0.25, -0.2) is 0 Å². The van der Waals surface area contributed by atoms with Crippen LogP contribution in [-0.4, -0.2) is 15.8 Å². The van der Waals surface area contributed by atoms with Crippen molar-refractivity contribution in [3.63, 3.8) is 0 Å².